The van der Waals surface area contributed by atoms with Crippen LogP contribution in [0.2, 0.25) is 0 Å². The molecule has 26 heavy (non-hydrogen) atoms. The number of phenols is 1. The predicted octanol–water partition coefficient (Wildman–Crippen LogP) is -0.807. The second-order valence-corrected chi connectivity index (χ2v) is 7.01. The van der Waals surface area contributed by atoms with Gasteiger partial charge in [0, 0.05) is 24.8 Å². The maximum atomic E-state index is 12.6. The largest absolute Gasteiger partial charge is 0.504 e. The van der Waals surface area contributed by atoms with Gasteiger partial charge in [-0.25, -0.2) is 0 Å². The first-order chi connectivity index (χ1) is 12.3. The molecule has 1 saturated carbocycles. The third-order valence-corrected chi connectivity index (χ3v) is 5.52. The molecule has 0 unspecified atom stereocenters. The number of hydrogen-bond acceptors (Lipinski definition) is 7. The van der Waals surface area contributed by atoms with Crippen LogP contribution in [0.25, 0.3) is 0 Å². The molecule has 2 amide bonds. The van der Waals surface area contributed by atoms with Gasteiger partial charge >= 0.3 is 0 Å². The number of carbonyl (C=O) groups is 2. The standard InChI is InChI=1S/C17H20N2O7/c1-5-11-9(12(18-6(2)20)15(23)13(5)21)7-3-8-16(26-4-25-8)14(22)10(7)17(24)19-11/h3,5,9,11-13,15,21-23H,4H2,1-2H3,(H,18,20)(H,19,24)/t5-,9+,11-,12+,13-,15-/m0/s1. The van der Waals surface area contributed by atoms with E-state index in [4.69, 9.17) is 9.47 Å². The van der Waals surface area contributed by atoms with Gasteiger partial charge in [-0.3, -0.25) is 9.59 Å². The Bertz CT molecular complexity index is 796. The molecule has 9 nitrogen and oxygen atoms in total. The normalized spacial score (nSPS) is 34.5. The number of ether oxygens (including phenoxy) is 2. The molecular formula is C17H20N2O7. The Hall–Kier alpha value is -2.52. The van der Waals surface area contributed by atoms with Crippen LogP contribution in [-0.4, -0.2) is 58.2 Å². The molecule has 0 radical (unpaired) electrons. The highest BCUT2D eigenvalue weighted by Gasteiger charge is 2.53. The fraction of sp³-hybridized carbons (Fsp3) is 0.529. The van der Waals surface area contributed by atoms with E-state index in [-0.39, 0.29) is 29.8 Å². The third kappa shape index (κ3) is 2.24. The van der Waals surface area contributed by atoms with Crippen molar-refractivity contribution in [3.05, 3.63) is 17.2 Å². The molecule has 1 aromatic rings. The predicted molar refractivity (Wildman–Crippen MR) is 87.0 cm³/mol. The monoisotopic (exact) mass is 364 g/mol. The minimum absolute atomic E-state index is 0.0293. The molecule has 0 spiro atoms. The Morgan fingerprint density at radius 2 is 2.04 bits per heavy atom. The summed E-state index contributed by atoms with van der Waals surface area (Å²) in [4.78, 5) is 24.3. The van der Waals surface area contributed by atoms with E-state index in [0.717, 1.165) is 0 Å². The van der Waals surface area contributed by atoms with Crippen molar-refractivity contribution in [2.24, 2.45) is 5.92 Å². The molecule has 6 atom stereocenters. The fourth-order valence-corrected chi connectivity index (χ4v) is 4.29. The highest BCUT2D eigenvalue weighted by Crippen LogP contribution is 2.50. The van der Waals surface area contributed by atoms with Crippen LogP contribution in [0.3, 0.4) is 0 Å². The van der Waals surface area contributed by atoms with E-state index in [2.05, 4.69) is 10.6 Å². The second-order valence-electron chi connectivity index (χ2n) is 7.01. The average Bonchev–Trinajstić information content (AvgIpc) is 3.05. The number of hydrogen-bond donors (Lipinski definition) is 5. The zero-order chi connectivity index (χ0) is 18.7. The minimum atomic E-state index is -1.23. The molecule has 9 heteroatoms. The zero-order valence-corrected chi connectivity index (χ0v) is 14.2. The van der Waals surface area contributed by atoms with E-state index in [9.17, 15) is 24.9 Å². The van der Waals surface area contributed by atoms with Gasteiger partial charge in [-0.05, 0) is 11.6 Å². The number of aliphatic hydroxyl groups is 2. The third-order valence-electron chi connectivity index (χ3n) is 5.52. The summed E-state index contributed by atoms with van der Waals surface area (Å²) in [5.74, 6) is -1.85. The lowest BCUT2D eigenvalue weighted by molar-refractivity contribution is -0.125. The Balaban J connectivity index is 1.90. The smallest absolute Gasteiger partial charge is 0.255 e. The summed E-state index contributed by atoms with van der Waals surface area (Å²) in [6.45, 7) is 2.95. The number of amides is 2. The molecule has 1 aliphatic carbocycles. The van der Waals surface area contributed by atoms with Crippen molar-refractivity contribution >= 4 is 11.8 Å². The van der Waals surface area contributed by atoms with Crippen LogP contribution in [0.4, 0.5) is 0 Å². The van der Waals surface area contributed by atoms with Crippen molar-refractivity contribution in [3.8, 4) is 17.2 Å². The van der Waals surface area contributed by atoms with E-state index in [1.165, 1.54) is 6.92 Å². The number of rotatable bonds is 1. The maximum Gasteiger partial charge on any atom is 0.255 e. The average molecular weight is 364 g/mol. The summed E-state index contributed by atoms with van der Waals surface area (Å²) in [5, 5.41) is 36.9. The highest BCUT2D eigenvalue weighted by atomic mass is 16.7. The summed E-state index contributed by atoms with van der Waals surface area (Å²) in [5.41, 5.74) is 0.471. The van der Waals surface area contributed by atoms with Crippen LogP contribution < -0.4 is 20.1 Å². The summed E-state index contributed by atoms with van der Waals surface area (Å²) in [7, 11) is 0. The summed E-state index contributed by atoms with van der Waals surface area (Å²) in [6, 6.07) is 0.215. The molecular weight excluding hydrogens is 344 g/mol. The summed E-state index contributed by atoms with van der Waals surface area (Å²) < 4.78 is 10.6. The van der Waals surface area contributed by atoms with Gasteiger partial charge in [0.25, 0.3) is 5.91 Å². The number of nitrogens with one attached hydrogen (secondary N) is 2. The van der Waals surface area contributed by atoms with Crippen LogP contribution in [-0.2, 0) is 4.79 Å². The van der Waals surface area contributed by atoms with Gasteiger partial charge in [-0.2, -0.15) is 0 Å². The van der Waals surface area contributed by atoms with Gasteiger partial charge in [-0.15, -0.1) is 0 Å². The van der Waals surface area contributed by atoms with Crippen molar-refractivity contribution in [2.75, 3.05) is 6.79 Å². The number of carbonyl (C=O) groups excluding carboxylic acids is 2. The van der Waals surface area contributed by atoms with Crippen molar-refractivity contribution < 1.29 is 34.4 Å². The Morgan fingerprint density at radius 1 is 1.31 bits per heavy atom. The van der Waals surface area contributed by atoms with Gasteiger partial charge in [0.2, 0.25) is 18.4 Å². The maximum absolute atomic E-state index is 12.6. The lowest BCUT2D eigenvalue weighted by Crippen LogP contribution is -2.67. The van der Waals surface area contributed by atoms with Crippen LogP contribution in [0.1, 0.15) is 35.7 Å². The number of benzene rings is 1. The van der Waals surface area contributed by atoms with E-state index >= 15 is 0 Å². The SMILES string of the molecule is CC(=O)N[C@H]1[C@H](O)[C@@H](O)[C@@H](C)[C@@H]2NC(=O)c3c(cc4c(c3O)OCO4)[C@H]21. The number of phenolic OH excluding ortho intramolecular Hbond substituents is 1. The Morgan fingerprint density at radius 3 is 2.73 bits per heavy atom. The summed E-state index contributed by atoms with van der Waals surface area (Å²) in [6.07, 6.45) is -2.36. The van der Waals surface area contributed by atoms with Gasteiger partial charge < -0.3 is 35.4 Å². The lowest BCUT2D eigenvalue weighted by atomic mass is 9.66. The number of fused-ring (bicyclic) bond motifs is 4. The van der Waals surface area contributed by atoms with Crippen molar-refractivity contribution in [2.45, 2.75) is 44.1 Å². The van der Waals surface area contributed by atoms with Gasteiger partial charge in [0.15, 0.2) is 11.5 Å². The molecule has 5 N–H and O–H groups in total. The molecule has 0 aromatic heterocycles. The van der Waals surface area contributed by atoms with Crippen molar-refractivity contribution in [1.29, 1.82) is 0 Å². The number of aromatic hydroxyl groups is 1. The first kappa shape index (κ1) is 16.9. The Labute approximate surface area is 148 Å². The molecule has 2 heterocycles. The lowest BCUT2D eigenvalue weighted by Gasteiger charge is -2.50. The van der Waals surface area contributed by atoms with Gasteiger partial charge in [0.1, 0.15) is 6.10 Å². The highest BCUT2D eigenvalue weighted by molar-refractivity contribution is 6.01. The van der Waals surface area contributed by atoms with Crippen LogP contribution in [0, 0.1) is 5.92 Å². The molecule has 3 aliphatic rings. The first-order valence-electron chi connectivity index (χ1n) is 8.40. The van der Waals surface area contributed by atoms with Crippen molar-refractivity contribution in [3.63, 3.8) is 0 Å². The van der Waals surface area contributed by atoms with E-state index in [0.29, 0.717) is 11.3 Å². The fourth-order valence-electron chi connectivity index (χ4n) is 4.29. The first-order valence-corrected chi connectivity index (χ1v) is 8.40. The molecule has 0 saturated heterocycles. The van der Waals surface area contributed by atoms with Crippen LogP contribution >= 0.6 is 0 Å². The Kier molecular flexibility index (Phi) is 3.74. The molecule has 140 valence electrons. The molecule has 1 aromatic carbocycles. The molecule has 2 aliphatic heterocycles. The zero-order valence-electron chi connectivity index (χ0n) is 14.2. The number of aliphatic hydroxyl groups excluding tert-OH is 2. The quantitative estimate of drug-likeness (QED) is 0.440. The van der Waals surface area contributed by atoms with Crippen LogP contribution in [0.15, 0.2) is 6.07 Å². The minimum Gasteiger partial charge on any atom is -0.504 e. The van der Waals surface area contributed by atoms with Gasteiger partial charge in [-0.1, -0.05) is 6.92 Å². The molecule has 1 fully saturated rings. The molecule has 0 bridgehead atoms. The topological polar surface area (TPSA) is 137 Å². The van der Waals surface area contributed by atoms with E-state index in [1.54, 1.807) is 13.0 Å². The molecule has 4 rings (SSSR count). The second kappa shape index (κ2) is 5.75. The van der Waals surface area contributed by atoms with Crippen molar-refractivity contribution in [1.82, 2.24) is 10.6 Å². The summed E-state index contributed by atoms with van der Waals surface area (Å²) >= 11 is 0. The van der Waals surface area contributed by atoms with E-state index in [1.807, 2.05) is 0 Å². The van der Waals surface area contributed by atoms with Gasteiger partial charge in [0.05, 0.1) is 17.7 Å². The van der Waals surface area contributed by atoms with Crippen LogP contribution in [0.5, 0.6) is 17.2 Å². The van der Waals surface area contributed by atoms with E-state index < -0.39 is 42.0 Å².